The second-order valence-corrected chi connectivity index (χ2v) is 7.86. The highest BCUT2D eigenvalue weighted by Crippen LogP contribution is 2.64. The molecule has 126 valence electrons. The maximum atomic E-state index is 14.1. The first-order chi connectivity index (χ1) is 10.8. The Morgan fingerprint density at radius 1 is 1.48 bits per heavy atom. The number of carbonyl (C=O) groups excluding carboxylic acids is 1. The summed E-state index contributed by atoms with van der Waals surface area (Å²) < 4.78 is 18.6. The number of hydrogen-bond acceptors (Lipinski definition) is 3. The molecule has 1 aliphatic carbocycles. The minimum atomic E-state index is -1.04. The predicted molar refractivity (Wildman–Crippen MR) is 89.7 cm³/mol. The fraction of sp³-hybridized carbons (Fsp3) is 0.562. The van der Waals surface area contributed by atoms with E-state index in [9.17, 15) is 9.18 Å². The number of hydrogen-bond donors (Lipinski definition) is 2. The molecule has 2 aliphatic rings. The van der Waals surface area contributed by atoms with E-state index in [4.69, 9.17) is 27.9 Å². The first kappa shape index (κ1) is 16.8. The fourth-order valence-electron chi connectivity index (χ4n) is 2.68. The zero-order valence-corrected chi connectivity index (χ0v) is 14.3. The topological polar surface area (TPSA) is 50.4 Å². The first-order valence-electron chi connectivity index (χ1n) is 7.66. The number of alkyl halides is 2. The third-order valence-electron chi connectivity index (χ3n) is 4.53. The summed E-state index contributed by atoms with van der Waals surface area (Å²) in [7, 11) is 0. The van der Waals surface area contributed by atoms with Gasteiger partial charge in [-0.25, -0.2) is 4.39 Å². The number of halogens is 3. The molecule has 1 amide bonds. The smallest absolute Gasteiger partial charge is 0.233 e. The van der Waals surface area contributed by atoms with E-state index in [0.29, 0.717) is 24.3 Å². The van der Waals surface area contributed by atoms with Crippen LogP contribution in [0.25, 0.3) is 0 Å². The van der Waals surface area contributed by atoms with Crippen molar-refractivity contribution in [3.8, 4) is 0 Å². The molecule has 0 aromatic heterocycles. The summed E-state index contributed by atoms with van der Waals surface area (Å²) in [6.45, 7) is 3.03. The van der Waals surface area contributed by atoms with Crippen molar-refractivity contribution >= 4 is 40.5 Å². The molecule has 1 saturated carbocycles. The van der Waals surface area contributed by atoms with Gasteiger partial charge < -0.3 is 15.4 Å². The van der Waals surface area contributed by atoms with Crippen molar-refractivity contribution < 1.29 is 13.9 Å². The van der Waals surface area contributed by atoms with Gasteiger partial charge in [0.2, 0.25) is 5.91 Å². The van der Waals surface area contributed by atoms with Crippen molar-refractivity contribution in [3.05, 3.63) is 24.0 Å². The number of anilines is 2. The Morgan fingerprint density at radius 2 is 2.22 bits per heavy atom. The molecule has 0 radical (unpaired) electrons. The molecule has 2 unspecified atom stereocenters. The van der Waals surface area contributed by atoms with Crippen LogP contribution >= 0.6 is 23.2 Å². The Morgan fingerprint density at radius 3 is 2.78 bits per heavy atom. The van der Waals surface area contributed by atoms with E-state index in [1.54, 1.807) is 19.1 Å². The van der Waals surface area contributed by atoms with E-state index >= 15 is 0 Å². The lowest BCUT2D eigenvalue weighted by Gasteiger charge is -2.15. The minimum Gasteiger partial charge on any atom is -0.380 e. The summed E-state index contributed by atoms with van der Waals surface area (Å²) in [6.07, 6.45) is 2.55. The van der Waals surface area contributed by atoms with Gasteiger partial charge in [-0.1, -0.05) is 0 Å². The molecular formula is C16H19Cl2FN2O2. The van der Waals surface area contributed by atoms with Crippen LogP contribution in [0.2, 0.25) is 0 Å². The standard InChI is InChI=1S/C16H19Cl2FN2O2/c1-15(9-16(15,17)18)14(22)21-10-4-5-13(12(19)7-10)20-8-11-3-2-6-23-11/h4-5,7,11,20H,2-3,6,8-9H2,1H3,(H,21,22). The SMILES string of the molecule is CC1(C(=O)Nc2ccc(NCC3CCCO3)c(F)c2)CC1(Cl)Cl. The molecule has 0 bridgehead atoms. The van der Waals surface area contributed by atoms with E-state index in [0.717, 1.165) is 19.4 Å². The molecule has 2 N–H and O–H groups in total. The number of amides is 1. The van der Waals surface area contributed by atoms with Gasteiger partial charge in [0.15, 0.2) is 0 Å². The zero-order valence-electron chi connectivity index (χ0n) is 12.8. The number of benzene rings is 1. The summed E-state index contributed by atoms with van der Waals surface area (Å²) in [6, 6.07) is 4.53. The molecule has 3 rings (SSSR count). The third kappa shape index (κ3) is 3.42. The van der Waals surface area contributed by atoms with Gasteiger partial charge in [0.25, 0.3) is 0 Å². The van der Waals surface area contributed by atoms with E-state index in [1.165, 1.54) is 6.07 Å². The van der Waals surface area contributed by atoms with Gasteiger partial charge in [0, 0.05) is 18.8 Å². The lowest BCUT2D eigenvalue weighted by atomic mass is 10.1. The maximum absolute atomic E-state index is 14.1. The molecule has 1 aliphatic heterocycles. The van der Waals surface area contributed by atoms with Crippen molar-refractivity contribution in [3.63, 3.8) is 0 Å². The maximum Gasteiger partial charge on any atom is 0.233 e. The lowest BCUT2D eigenvalue weighted by Crippen LogP contribution is -2.26. The molecule has 7 heteroatoms. The Labute approximate surface area is 144 Å². The average Bonchev–Trinajstić information content (AvgIpc) is 2.86. The second kappa shape index (κ2) is 6.11. The summed E-state index contributed by atoms with van der Waals surface area (Å²) in [5.41, 5.74) is -0.0591. The van der Waals surface area contributed by atoms with Gasteiger partial charge in [-0.15, -0.1) is 23.2 Å². The van der Waals surface area contributed by atoms with Gasteiger partial charge in [-0.2, -0.15) is 0 Å². The number of carbonyl (C=O) groups is 1. The van der Waals surface area contributed by atoms with E-state index in [1.807, 2.05) is 0 Å². The summed E-state index contributed by atoms with van der Waals surface area (Å²) in [5, 5.41) is 5.70. The molecule has 1 saturated heterocycles. The van der Waals surface area contributed by atoms with Crippen LogP contribution in [0.4, 0.5) is 15.8 Å². The molecular weight excluding hydrogens is 342 g/mol. The molecule has 1 aromatic rings. The van der Waals surface area contributed by atoms with Gasteiger partial charge in [-0.05, 0) is 44.4 Å². The van der Waals surface area contributed by atoms with Crippen LogP contribution in [0.1, 0.15) is 26.2 Å². The number of nitrogens with one attached hydrogen (secondary N) is 2. The van der Waals surface area contributed by atoms with Crippen LogP contribution < -0.4 is 10.6 Å². The molecule has 4 nitrogen and oxygen atoms in total. The van der Waals surface area contributed by atoms with E-state index in [-0.39, 0.29) is 12.0 Å². The van der Waals surface area contributed by atoms with Gasteiger partial charge in [0.1, 0.15) is 10.2 Å². The van der Waals surface area contributed by atoms with Crippen LogP contribution in [-0.2, 0) is 9.53 Å². The quantitative estimate of drug-likeness (QED) is 0.781. The van der Waals surface area contributed by atoms with Crippen molar-refractivity contribution in [2.24, 2.45) is 5.41 Å². The average molecular weight is 361 g/mol. The number of ether oxygens (including phenoxy) is 1. The highest BCUT2D eigenvalue weighted by Gasteiger charge is 2.67. The summed E-state index contributed by atoms with van der Waals surface area (Å²) >= 11 is 12.0. The zero-order chi connectivity index (χ0) is 16.7. The van der Waals surface area contributed by atoms with Gasteiger partial charge in [0.05, 0.1) is 17.2 Å². The van der Waals surface area contributed by atoms with E-state index in [2.05, 4.69) is 10.6 Å². The molecule has 2 atom stereocenters. The fourth-order valence-corrected chi connectivity index (χ4v) is 3.39. The van der Waals surface area contributed by atoms with Crippen LogP contribution in [-0.4, -0.2) is 29.5 Å². The molecule has 23 heavy (non-hydrogen) atoms. The van der Waals surface area contributed by atoms with Gasteiger partial charge >= 0.3 is 0 Å². The monoisotopic (exact) mass is 360 g/mol. The molecule has 0 spiro atoms. The molecule has 1 heterocycles. The summed E-state index contributed by atoms with van der Waals surface area (Å²) in [5.74, 6) is -0.730. The van der Waals surface area contributed by atoms with Crippen LogP contribution in [0.15, 0.2) is 18.2 Å². The largest absolute Gasteiger partial charge is 0.380 e. The Kier molecular flexibility index (Phi) is 4.47. The van der Waals surface area contributed by atoms with Crippen molar-refractivity contribution in [1.29, 1.82) is 0 Å². The Hall–Kier alpha value is -1.04. The molecule has 2 fully saturated rings. The van der Waals surface area contributed by atoms with Gasteiger partial charge in [-0.3, -0.25) is 4.79 Å². The van der Waals surface area contributed by atoms with Crippen LogP contribution in [0.5, 0.6) is 0 Å². The predicted octanol–water partition coefficient (Wildman–Crippen LogP) is 3.94. The third-order valence-corrected chi connectivity index (χ3v) is 5.63. The van der Waals surface area contributed by atoms with E-state index < -0.39 is 15.6 Å². The van der Waals surface area contributed by atoms with Crippen LogP contribution in [0.3, 0.4) is 0 Å². The first-order valence-corrected chi connectivity index (χ1v) is 8.42. The normalized spacial score (nSPS) is 28.4. The van der Waals surface area contributed by atoms with Crippen molar-refractivity contribution in [2.75, 3.05) is 23.8 Å². The van der Waals surface area contributed by atoms with Crippen molar-refractivity contribution in [1.82, 2.24) is 0 Å². The highest BCUT2D eigenvalue weighted by molar-refractivity contribution is 6.53. The Balaban J connectivity index is 1.59. The minimum absolute atomic E-state index is 0.129. The van der Waals surface area contributed by atoms with Crippen molar-refractivity contribution in [2.45, 2.75) is 36.6 Å². The van der Waals surface area contributed by atoms with Crippen LogP contribution in [0, 0.1) is 11.2 Å². The number of rotatable bonds is 5. The molecule has 1 aromatic carbocycles. The second-order valence-electron chi connectivity index (χ2n) is 6.38. The summed E-state index contributed by atoms with van der Waals surface area (Å²) in [4.78, 5) is 12.2. The Bertz CT molecular complexity index is 620. The highest BCUT2D eigenvalue weighted by atomic mass is 35.5. The lowest BCUT2D eigenvalue weighted by molar-refractivity contribution is -0.120.